The van der Waals surface area contributed by atoms with Gasteiger partial charge in [0, 0.05) is 6.07 Å². The summed E-state index contributed by atoms with van der Waals surface area (Å²) in [5, 5.41) is 4.59. The van der Waals surface area contributed by atoms with Crippen molar-refractivity contribution >= 4 is 32.0 Å². The van der Waals surface area contributed by atoms with Crippen LogP contribution < -0.4 is 4.72 Å². The second kappa shape index (κ2) is 5.53. The first-order valence-electron chi connectivity index (χ1n) is 6.64. The Hall–Kier alpha value is -2.07. The summed E-state index contributed by atoms with van der Waals surface area (Å²) in [5.41, 5.74) is -0.151. The third-order valence-electron chi connectivity index (χ3n) is 3.09. The van der Waals surface area contributed by atoms with Gasteiger partial charge in [-0.05, 0) is 25.5 Å². The van der Waals surface area contributed by atoms with Crippen molar-refractivity contribution in [1.29, 1.82) is 0 Å². The lowest BCUT2D eigenvalue weighted by Gasteiger charge is -2.09. The summed E-state index contributed by atoms with van der Waals surface area (Å²) in [6, 6.07) is 2.54. The normalized spacial score (nSPS) is 12.0. The van der Waals surface area contributed by atoms with Crippen molar-refractivity contribution in [2.75, 3.05) is 4.72 Å². The molecule has 0 atom stereocenters. The van der Waals surface area contributed by atoms with Crippen molar-refractivity contribution < 1.29 is 17.2 Å². The molecule has 1 aromatic carbocycles. The van der Waals surface area contributed by atoms with Gasteiger partial charge in [0.2, 0.25) is 9.99 Å². The zero-order valence-electron chi connectivity index (χ0n) is 12.2. The molecule has 3 aromatic rings. The number of benzene rings is 1. The molecule has 10 heteroatoms. The second-order valence-corrected chi connectivity index (χ2v) is 7.52. The Bertz CT molecular complexity index is 995. The highest BCUT2D eigenvalue weighted by atomic mass is 32.2. The van der Waals surface area contributed by atoms with Crippen molar-refractivity contribution in [1.82, 2.24) is 14.6 Å². The van der Waals surface area contributed by atoms with Crippen molar-refractivity contribution in [2.45, 2.75) is 25.3 Å². The topological polar surface area (TPSA) is 76.4 Å². The standard InChI is InChI=1S/C13H12F2N4O2S2/c1-3-10-12(19-13(16-10)22-7(2)17-19)23(20,21)18-11-6-8(14)4-5-9(11)15/h4-6,18H,3H2,1-2H3. The lowest BCUT2D eigenvalue weighted by molar-refractivity contribution is 0.587. The van der Waals surface area contributed by atoms with Crippen LogP contribution in [0, 0.1) is 18.6 Å². The molecule has 0 unspecified atom stereocenters. The van der Waals surface area contributed by atoms with E-state index < -0.39 is 27.3 Å². The van der Waals surface area contributed by atoms with E-state index in [2.05, 4.69) is 14.8 Å². The molecule has 0 spiro atoms. The summed E-state index contributed by atoms with van der Waals surface area (Å²) < 4.78 is 55.5. The number of sulfonamides is 1. The Balaban J connectivity index is 2.14. The fraction of sp³-hybridized carbons (Fsp3) is 0.231. The largest absolute Gasteiger partial charge is 0.281 e. The molecule has 23 heavy (non-hydrogen) atoms. The van der Waals surface area contributed by atoms with Gasteiger partial charge in [0.25, 0.3) is 10.0 Å². The first-order valence-corrected chi connectivity index (χ1v) is 8.94. The number of imidazole rings is 1. The van der Waals surface area contributed by atoms with Gasteiger partial charge in [-0.3, -0.25) is 4.72 Å². The smallest absolute Gasteiger partial charge is 0.275 e. The number of anilines is 1. The summed E-state index contributed by atoms with van der Waals surface area (Å²) in [6.45, 7) is 3.47. The monoisotopic (exact) mass is 358 g/mol. The third-order valence-corrected chi connectivity index (χ3v) is 5.32. The van der Waals surface area contributed by atoms with Crippen LogP contribution in [0.25, 0.3) is 4.96 Å². The minimum atomic E-state index is -4.18. The molecule has 0 saturated heterocycles. The SMILES string of the molecule is CCc1nc2sc(C)nn2c1S(=O)(=O)Nc1cc(F)ccc1F. The lowest BCUT2D eigenvalue weighted by atomic mass is 10.3. The molecule has 0 radical (unpaired) electrons. The molecule has 2 heterocycles. The zero-order chi connectivity index (χ0) is 16.8. The average molecular weight is 358 g/mol. The van der Waals surface area contributed by atoms with Crippen LogP contribution in [0.15, 0.2) is 23.2 Å². The van der Waals surface area contributed by atoms with Gasteiger partial charge in [-0.25, -0.2) is 13.8 Å². The van der Waals surface area contributed by atoms with Crippen LogP contribution in [0.3, 0.4) is 0 Å². The predicted molar refractivity (Wildman–Crippen MR) is 82.1 cm³/mol. The van der Waals surface area contributed by atoms with Crippen LogP contribution in [-0.4, -0.2) is 23.0 Å². The fourth-order valence-electron chi connectivity index (χ4n) is 2.14. The first kappa shape index (κ1) is 15.8. The summed E-state index contributed by atoms with van der Waals surface area (Å²) in [6.07, 6.45) is 0.358. The Kier molecular flexibility index (Phi) is 3.80. The number of nitrogens with zero attached hydrogens (tertiary/aromatic N) is 3. The number of aromatic nitrogens is 3. The maximum Gasteiger partial charge on any atom is 0.281 e. The molecule has 122 valence electrons. The van der Waals surface area contributed by atoms with Gasteiger partial charge in [-0.1, -0.05) is 18.3 Å². The number of nitrogens with one attached hydrogen (secondary N) is 1. The van der Waals surface area contributed by atoms with E-state index in [9.17, 15) is 17.2 Å². The summed E-state index contributed by atoms with van der Waals surface area (Å²) in [4.78, 5) is 4.66. The van der Waals surface area contributed by atoms with Gasteiger partial charge in [0.1, 0.15) is 16.6 Å². The van der Waals surface area contributed by atoms with Crippen molar-refractivity contribution in [2.24, 2.45) is 0 Å². The molecule has 0 fully saturated rings. The first-order chi connectivity index (χ1) is 10.8. The van der Waals surface area contributed by atoms with Gasteiger partial charge in [-0.15, -0.1) is 0 Å². The summed E-state index contributed by atoms with van der Waals surface area (Å²) >= 11 is 1.24. The maximum absolute atomic E-state index is 13.7. The quantitative estimate of drug-likeness (QED) is 0.778. The molecule has 0 aliphatic carbocycles. The minimum absolute atomic E-state index is 0.164. The molecule has 0 saturated carbocycles. The van der Waals surface area contributed by atoms with Crippen LogP contribution in [-0.2, 0) is 16.4 Å². The fourth-order valence-corrected chi connectivity index (χ4v) is 4.35. The van der Waals surface area contributed by atoms with Crippen molar-refractivity contribution in [3.8, 4) is 0 Å². The molecular formula is C13H12F2N4O2S2. The number of hydrogen-bond acceptors (Lipinski definition) is 5. The van der Waals surface area contributed by atoms with Gasteiger partial charge in [0.05, 0.1) is 11.4 Å². The van der Waals surface area contributed by atoms with E-state index in [1.54, 1.807) is 13.8 Å². The molecule has 0 amide bonds. The van der Waals surface area contributed by atoms with E-state index in [0.29, 0.717) is 22.1 Å². The Morgan fingerprint density at radius 2 is 2.09 bits per heavy atom. The van der Waals surface area contributed by atoms with Crippen LogP contribution >= 0.6 is 11.3 Å². The second-order valence-electron chi connectivity index (χ2n) is 4.76. The molecule has 1 N–H and O–H groups in total. The van der Waals surface area contributed by atoms with Gasteiger partial charge < -0.3 is 0 Å². The third kappa shape index (κ3) is 2.79. The van der Waals surface area contributed by atoms with Crippen molar-refractivity contribution in [3.05, 3.63) is 40.5 Å². The number of fused-ring (bicyclic) bond motifs is 1. The number of hydrogen-bond donors (Lipinski definition) is 1. The van der Waals surface area contributed by atoms with Crippen LogP contribution in [0.5, 0.6) is 0 Å². The van der Waals surface area contributed by atoms with E-state index in [1.807, 2.05) is 0 Å². The highest BCUT2D eigenvalue weighted by Crippen LogP contribution is 2.26. The average Bonchev–Trinajstić information content (AvgIpc) is 2.97. The Morgan fingerprint density at radius 3 is 2.78 bits per heavy atom. The molecule has 3 rings (SSSR count). The van der Waals surface area contributed by atoms with E-state index in [4.69, 9.17) is 0 Å². The number of aryl methyl sites for hydroxylation is 2. The van der Waals surface area contributed by atoms with Crippen molar-refractivity contribution in [3.63, 3.8) is 0 Å². The van der Waals surface area contributed by atoms with Crippen LogP contribution in [0.4, 0.5) is 14.5 Å². The summed E-state index contributed by atoms with van der Waals surface area (Å²) in [7, 11) is -4.18. The number of halogens is 2. The Morgan fingerprint density at radius 1 is 1.35 bits per heavy atom. The van der Waals surface area contributed by atoms with Gasteiger partial charge in [0.15, 0.2) is 0 Å². The summed E-state index contributed by atoms with van der Waals surface area (Å²) in [5.74, 6) is -1.62. The molecule has 0 aliphatic heterocycles. The van der Waals surface area contributed by atoms with Crippen LogP contribution in [0.1, 0.15) is 17.6 Å². The highest BCUT2D eigenvalue weighted by Gasteiger charge is 2.27. The van der Waals surface area contributed by atoms with E-state index in [1.165, 1.54) is 15.9 Å². The van der Waals surface area contributed by atoms with E-state index in [-0.39, 0.29) is 5.03 Å². The molecule has 6 nitrogen and oxygen atoms in total. The van der Waals surface area contributed by atoms with E-state index in [0.717, 1.165) is 18.2 Å². The Labute approximate surface area is 134 Å². The lowest BCUT2D eigenvalue weighted by Crippen LogP contribution is -2.18. The maximum atomic E-state index is 13.7. The number of rotatable bonds is 4. The zero-order valence-corrected chi connectivity index (χ0v) is 13.8. The molecular weight excluding hydrogens is 346 g/mol. The predicted octanol–water partition coefficient (Wildman–Crippen LogP) is 2.74. The molecule has 0 bridgehead atoms. The van der Waals surface area contributed by atoms with E-state index >= 15 is 0 Å². The molecule has 0 aliphatic rings. The highest BCUT2D eigenvalue weighted by molar-refractivity contribution is 7.92. The minimum Gasteiger partial charge on any atom is -0.275 e. The van der Waals surface area contributed by atoms with Gasteiger partial charge >= 0.3 is 0 Å². The van der Waals surface area contributed by atoms with Crippen LogP contribution in [0.2, 0.25) is 0 Å². The molecule has 2 aromatic heterocycles. The van der Waals surface area contributed by atoms with Gasteiger partial charge in [-0.2, -0.15) is 18.0 Å².